The van der Waals surface area contributed by atoms with Crippen molar-refractivity contribution in [3.05, 3.63) is 38.7 Å². The Morgan fingerprint density at radius 3 is 2.72 bits per heavy atom. The minimum absolute atomic E-state index is 0.0000390. The lowest BCUT2D eigenvalue weighted by atomic mass is 10.3. The smallest absolute Gasteiger partial charge is 0.243 e. The van der Waals surface area contributed by atoms with E-state index in [4.69, 9.17) is 33.7 Å². The molecule has 0 aliphatic rings. The standard InChI is InChI=1S/C10H5BrCl2FN3O/c11-4-1-5(12)7(14)2-8(4)18-9-6(13)3-16-10(15)17-9/h1-3H,(H2,15,16,17). The first-order chi connectivity index (χ1) is 8.47. The molecule has 0 unspecified atom stereocenters. The Kier molecular flexibility index (Phi) is 3.89. The predicted molar refractivity (Wildman–Crippen MR) is 70.6 cm³/mol. The van der Waals surface area contributed by atoms with Gasteiger partial charge in [0.05, 0.1) is 15.7 Å². The summed E-state index contributed by atoms with van der Waals surface area (Å²) in [5, 5.41) is 0.133. The van der Waals surface area contributed by atoms with E-state index in [0.717, 1.165) is 6.07 Å². The molecular formula is C10H5BrCl2FN3O. The second-order valence-electron chi connectivity index (χ2n) is 3.18. The first-order valence-electron chi connectivity index (χ1n) is 4.58. The van der Waals surface area contributed by atoms with Gasteiger partial charge >= 0.3 is 0 Å². The van der Waals surface area contributed by atoms with E-state index in [1.807, 2.05) is 0 Å². The molecule has 2 N–H and O–H groups in total. The summed E-state index contributed by atoms with van der Waals surface area (Å²) in [5.74, 6) is -0.406. The quantitative estimate of drug-likeness (QED) is 0.828. The third-order valence-electron chi connectivity index (χ3n) is 1.91. The highest BCUT2D eigenvalue weighted by molar-refractivity contribution is 9.10. The van der Waals surface area contributed by atoms with Crippen molar-refractivity contribution in [1.29, 1.82) is 0 Å². The molecule has 2 rings (SSSR count). The molecule has 0 aliphatic heterocycles. The van der Waals surface area contributed by atoms with Crippen molar-refractivity contribution in [3.8, 4) is 11.6 Å². The first-order valence-corrected chi connectivity index (χ1v) is 6.12. The number of anilines is 1. The fraction of sp³-hybridized carbons (Fsp3) is 0. The lowest BCUT2D eigenvalue weighted by molar-refractivity contribution is 0.455. The van der Waals surface area contributed by atoms with E-state index < -0.39 is 5.82 Å². The van der Waals surface area contributed by atoms with Gasteiger partial charge in [-0.2, -0.15) is 4.98 Å². The minimum atomic E-state index is -0.618. The molecule has 1 aromatic carbocycles. The van der Waals surface area contributed by atoms with Crippen LogP contribution in [0.15, 0.2) is 22.8 Å². The molecule has 1 aromatic heterocycles. The van der Waals surface area contributed by atoms with Gasteiger partial charge < -0.3 is 10.5 Å². The lowest BCUT2D eigenvalue weighted by Gasteiger charge is -2.09. The van der Waals surface area contributed by atoms with Crippen LogP contribution in [0.2, 0.25) is 10.0 Å². The van der Waals surface area contributed by atoms with E-state index in [1.165, 1.54) is 12.3 Å². The molecule has 0 saturated heterocycles. The number of nitrogens with zero attached hydrogens (tertiary/aromatic N) is 2. The van der Waals surface area contributed by atoms with Crippen LogP contribution in [0.3, 0.4) is 0 Å². The summed E-state index contributed by atoms with van der Waals surface area (Å²) in [5.41, 5.74) is 5.41. The average molecular weight is 353 g/mol. The maximum absolute atomic E-state index is 13.3. The summed E-state index contributed by atoms with van der Waals surface area (Å²) >= 11 is 14.6. The zero-order valence-electron chi connectivity index (χ0n) is 8.62. The Morgan fingerprint density at radius 2 is 2.00 bits per heavy atom. The van der Waals surface area contributed by atoms with Crippen LogP contribution in [0.1, 0.15) is 0 Å². The van der Waals surface area contributed by atoms with E-state index >= 15 is 0 Å². The first kappa shape index (κ1) is 13.3. The van der Waals surface area contributed by atoms with E-state index in [0.29, 0.717) is 4.47 Å². The molecule has 2 aromatic rings. The Morgan fingerprint density at radius 1 is 1.28 bits per heavy atom. The number of halogens is 4. The summed E-state index contributed by atoms with van der Waals surface area (Å²) in [6, 6.07) is 2.48. The van der Waals surface area contributed by atoms with Gasteiger partial charge in [-0.05, 0) is 22.0 Å². The number of nitrogens with two attached hydrogens (primary N) is 1. The van der Waals surface area contributed by atoms with Gasteiger partial charge in [-0.25, -0.2) is 9.37 Å². The molecule has 0 spiro atoms. The molecule has 94 valence electrons. The Balaban J connectivity index is 2.40. The van der Waals surface area contributed by atoms with Crippen LogP contribution < -0.4 is 10.5 Å². The van der Waals surface area contributed by atoms with Gasteiger partial charge in [0.25, 0.3) is 0 Å². The van der Waals surface area contributed by atoms with Gasteiger partial charge in [0.2, 0.25) is 11.8 Å². The zero-order valence-corrected chi connectivity index (χ0v) is 11.7. The van der Waals surface area contributed by atoms with Crippen molar-refractivity contribution in [2.45, 2.75) is 0 Å². The van der Waals surface area contributed by atoms with E-state index in [-0.39, 0.29) is 27.6 Å². The molecule has 0 atom stereocenters. The van der Waals surface area contributed by atoms with Gasteiger partial charge in [-0.1, -0.05) is 23.2 Å². The monoisotopic (exact) mass is 351 g/mol. The molecule has 0 bridgehead atoms. The fourth-order valence-electron chi connectivity index (χ4n) is 1.12. The van der Waals surface area contributed by atoms with E-state index in [2.05, 4.69) is 25.9 Å². The summed E-state index contributed by atoms with van der Waals surface area (Å²) in [7, 11) is 0. The summed E-state index contributed by atoms with van der Waals surface area (Å²) < 4.78 is 19.1. The molecule has 4 nitrogen and oxygen atoms in total. The van der Waals surface area contributed by atoms with Gasteiger partial charge in [0.1, 0.15) is 16.6 Å². The van der Waals surface area contributed by atoms with Crippen molar-refractivity contribution in [1.82, 2.24) is 9.97 Å². The van der Waals surface area contributed by atoms with Crippen molar-refractivity contribution in [2.24, 2.45) is 0 Å². The predicted octanol–water partition coefficient (Wildman–Crippen LogP) is 4.06. The molecule has 18 heavy (non-hydrogen) atoms. The molecule has 0 amide bonds. The molecule has 0 aliphatic carbocycles. The maximum Gasteiger partial charge on any atom is 0.243 e. The number of hydrogen-bond donors (Lipinski definition) is 1. The summed E-state index contributed by atoms with van der Waals surface area (Å²) in [6.07, 6.45) is 1.29. The van der Waals surface area contributed by atoms with Crippen LogP contribution >= 0.6 is 39.1 Å². The topological polar surface area (TPSA) is 61.0 Å². The van der Waals surface area contributed by atoms with Crippen molar-refractivity contribution in [3.63, 3.8) is 0 Å². The normalized spacial score (nSPS) is 10.4. The van der Waals surface area contributed by atoms with Gasteiger partial charge in [-0.3, -0.25) is 0 Å². The van der Waals surface area contributed by atoms with Crippen LogP contribution in [-0.4, -0.2) is 9.97 Å². The Labute approximate surface area is 120 Å². The average Bonchev–Trinajstić information content (AvgIpc) is 2.30. The van der Waals surface area contributed by atoms with Gasteiger partial charge in [0, 0.05) is 6.07 Å². The third-order valence-corrected chi connectivity index (χ3v) is 3.08. The van der Waals surface area contributed by atoms with Gasteiger partial charge in [-0.15, -0.1) is 0 Å². The van der Waals surface area contributed by atoms with Crippen LogP contribution in [-0.2, 0) is 0 Å². The van der Waals surface area contributed by atoms with Crippen molar-refractivity contribution >= 4 is 45.1 Å². The highest BCUT2D eigenvalue weighted by Gasteiger charge is 2.12. The fourth-order valence-corrected chi connectivity index (χ4v) is 1.97. The molecule has 0 saturated carbocycles. The summed E-state index contributed by atoms with van der Waals surface area (Å²) in [6.45, 7) is 0. The highest BCUT2D eigenvalue weighted by Crippen LogP contribution is 2.35. The van der Waals surface area contributed by atoms with Crippen LogP contribution in [0.5, 0.6) is 11.6 Å². The van der Waals surface area contributed by atoms with Crippen LogP contribution in [0.25, 0.3) is 0 Å². The van der Waals surface area contributed by atoms with Crippen molar-refractivity contribution in [2.75, 3.05) is 5.73 Å². The highest BCUT2D eigenvalue weighted by atomic mass is 79.9. The van der Waals surface area contributed by atoms with E-state index in [9.17, 15) is 4.39 Å². The SMILES string of the molecule is Nc1ncc(Cl)c(Oc2cc(F)c(Cl)cc2Br)n1. The second-order valence-corrected chi connectivity index (χ2v) is 4.85. The molecule has 0 fully saturated rings. The lowest BCUT2D eigenvalue weighted by Crippen LogP contribution is -1.98. The Bertz CT molecular complexity index is 612. The number of aromatic nitrogens is 2. The molecular weight excluding hydrogens is 348 g/mol. The zero-order chi connectivity index (χ0) is 13.3. The largest absolute Gasteiger partial charge is 0.436 e. The maximum atomic E-state index is 13.3. The van der Waals surface area contributed by atoms with Crippen LogP contribution in [0, 0.1) is 5.82 Å². The summed E-state index contributed by atoms with van der Waals surface area (Å²) in [4.78, 5) is 7.48. The number of hydrogen-bond acceptors (Lipinski definition) is 4. The molecule has 8 heteroatoms. The van der Waals surface area contributed by atoms with Crippen molar-refractivity contribution < 1.29 is 9.13 Å². The van der Waals surface area contributed by atoms with Crippen LogP contribution in [0.4, 0.5) is 10.3 Å². The minimum Gasteiger partial charge on any atom is -0.436 e. The number of nitrogen functional groups attached to an aromatic ring is 1. The Hall–Kier alpha value is -1.11. The van der Waals surface area contributed by atoms with E-state index in [1.54, 1.807) is 0 Å². The number of ether oxygens (including phenoxy) is 1. The number of benzene rings is 1. The molecule has 0 radical (unpaired) electrons. The molecule has 1 heterocycles. The second kappa shape index (κ2) is 5.26. The van der Waals surface area contributed by atoms with Gasteiger partial charge in [0.15, 0.2) is 0 Å². The third kappa shape index (κ3) is 2.82. The number of rotatable bonds is 2.